The zero-order chi connectivity index (χ0) is 30.8. The second kappa shape index (κ2) is 25.9. The van der Waals surface area contributed by atoms with Crippen LogP contribution in [-0.4, -0.2) is 85.3 Å². The van der Waals surface area contributed by atoms with Crippen LogP contribution in [0, 0.1) is 0 Å². The van der Waals surface area contributed by atoms with Crippen LogP contribution in [0.1, 0.15) is 135 Å². The number of unbranched alkanes of at least 4 members (excludes halogenated alkanes) is 16. The smallest absolute Gasteiger partial charge is 0.472 e. The number of aliphatic hydroxyl groups excluding tert-OH is 1. The SMILES string of the molecule is CCCCCCCCCCCCCCCCCC[C@@H](OP(=O)(O)OCC[N+](C)(C)C)[C@H](CO)OCCCCC(=O)O. The molecule has 0 fully saturated rings. The molecule has 1 unspecified atom stereocenters. The van der Waals surface area contributed by atoms with E-state index < -0.39 is 26.0 Å². The van der Waals surface area contributed by atoms with E-state index in [4.69, 9.17) is 18.9 Å². The van der Waals surface area contributed by atoms with Crippen molar-refractivity contribution < 1.29 is 42.7 Å². The van der Waals surface area contributed by atoms with Gasteiger partial charge in [0.05, 0.1) is 33.9 Å². The number of phosphoric acid groups is 1. The first-order chi connectivity index (χ1) is 19.5. The molecular weight excluding hydrogens is 545 g/mol. The minimum absolute atomic E-state index is 0.0538. The van der Waals surface area contributed by atoms with Crippen LogP contribution in [0.5, 0.6) is 0 Å². The summed E-state index contributed by atoms with van der Waals surface area (Å²) in [7, 11) is 1.56. The van der Waals surface area contributed by atoms with Gasteiger partial charge in [-0.25, -0.2) is 4.57 Å². The van der Waals surface area contributed by atoms with Gasteiger partial charge in [0, 0.05) is 13.0 Å². The lowest BCUT2D eigenvalue weighted by molar-refractivity contribution is -0.870. The number of aliphatic hydroxyl groups is 1. The predicted octanol–water partition coefficient (Wildman–Crippen LogP) is 7.48. The van der Waals surface area contributed by atoms with E-state index >= 15 is 0 Å². The summed E-state index contributed by atoms with van der Waals surface area (Å²) in [4.78, 5) is 21.1. The molecule has 10 heteroatoms. The standard InChI is InChI=1S/C31H64NO8P/c1-5-6-7-8-9-10-11-12-13-14-15-16-17-18-19-20-23-29(30(28-33)38-26-22-21-24-31(34)35)40-41(36,37)39-27-25-32(2,3)4/h29-30,33H,5-28H2,1-4H3,(H-,34,35,36,37)/p+1/t29-,30+/m1/s1. The lowest BCUT2D eigenvalue weighted by atomic mass is 10.0. The largest absolute Gasteiger partial charge is 0.481 e. The van der Waals surface area contributed by atoms with E-state index in [1.807, 2.05) is 21.1 Å². The van der Waals surface area contributed by atoms with E-state index in [9.17, 15) is 19.4 Å². The third kappa shape index (κ3) is 28.0. The molecule has 0 aliphatic rings. The Balaban J connectivity index is 4.35. The van der Waals surface area contributed by atoms with Crippen LogP contribution in [0.2, 0.25) is 0 Å². The minimum atomic E-state index is -4.33. The number of carboxylic acid groups (broad SMARTS) is 1. The number of rotatable bonds is 31. The number of carboxylic acids is 1. The average Bonchev–Trinajstić information content (AvgIpc) is 2.88. The monoisotopic (exact) mass is 610 g/mol. The molecular formula is C31H65NO8P+. The summed E-state index contributed by atoms with van der Waals surface area (Å²) in [6.07, 6.45) is 20.1. The molecule has 0 aromatic rings. The lowest BCUT2D eigenvalue weighted by Gasteiger charge is -2.28. The number of aliphatic carboxylic acids is 1. The zero-order valence-corrected chi connectivity index (χ0v) is 27.8. The highest BCUT2D eigenvalue weighted by Gasteiger charge is 2.32. The Bertz CT molecular complexity index is 659. The van der Waals surface area contributed by atoms with Crippen molar-refractivity contribution in [3.05, 3.63) is 0 Å². The summed E-state index contributed by atoms with van der Waals surface area (Å²) >= 11 is 0. The maximum Gasteiger partial charge on any atom is 0.472 e. The Hall–Kier alpha value is -0.540. The number of likely N-dealkylation sites (N-methyl/N-ethyl adjacent to an activating group) is 1. The fourth-order valence-electron chi connectivity index (χ4n) is 4.72. The van der Waals surface area contributed by atoms with Gasteiger partial charge >= 0.3 is 13.8 Å². The number of phosphoric ester groups is 1. The molecule has 0 aromatic heterocycles. The number of hydrogen-bond acceptors (Lipinski definition) is 6. The normalized spacial score (nSPS) is 15.1. The van der Waals surface area contributed by atoms with Crippen LogP contribution in [0.4, 0.5) is 0 Å². The molecule has 0 saturated carbocycles. The highest BCUT2D eigenvalue weighted by molar-refractivity contribution is 7.47. The summed E-state index contributed by atoms with van der Waals surface area (Å²) in [5, 5.41) is 18.7. The molecule has 0 amide bonds. The van der Waals surface area contributed by atoms with Crippen LogP contribution in [0.3, 0.4) is 0 Å². The summed E-state index contributed by atoms with van der Waals surface area (Å²) in [5.41, 5.74) is 0. The molecule has 0 spiro atoms. The van der Waals surface area contributed by atoms with Crippen molar-refractivity contribution in [2.45, 2.75) is 148 Å². The van der Waals surface area contributed by atoms with Gasteiger partial charge in [-0.1, -0.05) is 110 Å². The summed E-state index contributed by atoms with van der Waals surface area (Å²) in [6.45, 7) is 2.76. The van der Waals surface area contributed by atoms with Gasteiger partial charge in [-0.3, -0.25) is 13.8 Å². The van der Waals surface area contributed by atoms with Crippen molar-refractivity contribution in [2.24, 2.45) is 0 Å². The molecule has 0 aromatic carbocycles. The molecule has 0 heterocycles. The van der Waals surface area contributed by atoms with Crippen LogP contribution in [0.15, 0.2) is 0 Å². The van der Waals surface area contributed by atoms with Gasteiger partial charge in [0.25, 0.3) is 0 Å². The first kappa shape index (κ1) is 40.5. The summed E-state index contributed by atoms with van der Waals surface area (Å²) < 4.78 is 29.7. The van der Waals surface area contributed by atoms with Gasteiger partial charge in [0.15, 0.2) is 0 Å². The molecule has 0 aliphatic carbocycles. The third-order valence-corrected chi connectivity index (χ3v) is 8.38. The van der Waals surface area contributed by atoms with Crippen LogP contribution in [0.25, 0.3) is 0 Å². The van der Waals surface area contributed by atoms with E-state index in [1.165, 1.54) is 83.5 Å². The molecule has 0 aliphatic heterocycles. The van der Waals surface area contributed by atoms with Gasteiger partial charge in [-0.2, -0.15) is 0 Å². The summed E-state index contributed by atoms with van der Waals surface area (Å²) in [6, 6.07) is 0. The highest BCUT2D eigenvalue weighted by Crippen LogP contribution is 2.46. The minimum Gasteiger partial charge on any atom is -0.481 e. The van der Waals surface area contributed by atoms with Gasteiger partial charge in [-0.15, -0.1) is 0 Å². The van der Waals surface area contributed by atoms with Crippen molar-refractivity contribution in [1.29, 1.82) is 0 Å². The van der Waals surface area contributed by atoms with Gasteiger partial charge < -0.3 is 24.3 Å². The van der Waals surface area contributed by atoms with Crippen molar-refractivity contribution >= 4 is 13.8 Å². The molecule has 3 N–H and O–H groups in total. The average molecular weight is 611 g/mol. The molecule has 0 saturated heterocycles. The zero-order valence-electron chi connectivity index (χ0n) is 26.9. The van der Waals surface area contributed by atoms with Gasteiger partial charge in [0.1, 0.15) is 19.3 Å². The number of hydrogen-bond donors (Lipinski definition) is 3. The van der Waals surface area contributed by atoms with Crippen LogP contribution < -0.4 is 0 Å². The van der Waals surface area contributed by atoms with Gasteiger partial charge in [0.2, 0.25) is 0 Å². The Morgan fingerprint density at radius 2 is 1.22 bits per heavy atom. The van der Waals surface area contributed by atoms with Crippen LogP contribution >= 0.6 is 7.82 Å². The van der Waals surface area contributed by atoms with Crippen molar-refractivity contribution in [1.82, 2.24) is 0 Å². The van der Waals surface area contributed by atoms with E-state index in [2.05, 4.69) is 6.92 Å². The van der Waals surface area contributed by atoms with E-state index in [-0.39, 0.29) is 26.2 Å². The Labute approximate surface area is 251 Å². The molecule has 3 atom stereocenters. The molecule has 41 heavy (non-hydrogen) atoms. The van der Waals surface area contributed by atoms with E-state index in [0.717, 1.165) is 19.3 Å². The second-order valence-electron chi connectivity index (χ2n) is 12.5. The number of quaternary nitrogens is 1. The Kier molecular flexibility index (Phi) is 25.6. The Morgan fingerprint density at radius 3 is 1.66 bits per heavy atom. The van der Waals surface area contributed by atoms with Crippen molar-refractivity contribution in [2.75, 3.05) is 47.5 Å². The highest BCUT2D eigenvalue weighted by atomic mass is 31.2. The number of ether oxygens (including phenoxy) is 1. The third-order valence-electron chi connectivity index (χ3n) is 7.34. The number of nitrogens with zero attached hydrogens (tertiary/aromatic N) is 1. The first-order valence-electron chi connectivity index (χ1n) is 16.4. The molecule has 246 valence electrons. The fraction of sp³-hybridized carbons (Fsp3) is 0.968. The first-order valence-corrected chi connectivity index (χ1v) is 17.9. The quantitative estimate of drug-likeness (QED) is 0.0420. The summed E-state index contributed by atoms with van der Waals surface area (Å²) in [5.74, 6) is -0.860. The fourth-order valence-corrected chi connectivity index (χ4v) is 5.68. The van der Waals surface area contributed by atoms with Crippen molar-refractivity contribution in [3.8, 4) is 0 Å². The number of carbonyl (C=O) groups is 1. The van der Waals surface area contributed by atoms with Crippen LogP contribution in [-0.2, 0) is 23.1 Å². The molecule has 0 rings (SSSR count). The maximum absolute atomic E-state index is 12.7. The van der Waals surface area contributed by atoms with E-state index in [0.29, 0.717) is 30.3 Å². The second-order valence-corrected chi connectivity index (χ2v) is 13.9. The Morgan fingerprint density at radius 1 is 0.732 bits per heavy atom. The molecule has 0 bridgehead atoms. The lowest BCUT2D eigenvalue weighted by Crippen LogP contribution is -2.38. The molecule has 9 nitrogen and oxygen atoms in total. The predicted molar refractivity (Wildman–Crippen MR) is 166 cm³/mol. The van der Waals surface area contributed by atoms with E-state index in [1.54, 1.807) is 0 Å². The molecule has 0 radical (unpaired) electrons. The maximum atomic E-state index is 12.7. The van der Waals surface area contributed by atoms with Gasteiger partial charge in [-0.05, 0) is 19.3 Å². The van der Waals surface area contributed by atoms with Crippen molar-refractivity contribution in [3.63, 3.8) is 0 Å². The topological polar surface area (TPSA) is 123 Å².